The van der Waals surface area contributed by atoms with Crippen LogP contribution in [0.15, 0.2) is 53.8 Å². The molecule has 4 rings (SSSR count). The summed E-state index contributed by atoms with van der Waals surface area (Å²) in [6.45, 7) is 1.86. The number of piperidine rings is 1. The number of carbonyl (C=O) groups excluding carboxylic acids is 1. The van der Waals surface area contributed by atoms with E-state index >= 15 is 0 Å². The smallest absolute Gasteiger partial charge is 0.277 e. The Hall–Kier alpha value is -2.93. The van der Waals surface area contributed by atoms with Gasteiger partial charge >= 0.3 is 0 Å². The summed E-state index contributed by atoms with van der Waals surface area (Å²) in [5.74, 6) is 0.677. The van der Waals surface area contributed by atoms with Crippen molar-refractivity contribution in [3.05, 3.63) is 60.8 Å². The van der Waals surface area contributed by atoms with Crippen molar-refractivity contribution >= 4 is 11.6 Å². The first-order chi connectivity index (χ1) is 12.3. The summed E-state index contributed by atoms with van der Waals surface area (Å²) in [5.41, 5.74) is 2.00. The van der Waals surface area contributed by atoms with E-state index in [0.29, 0.717) is 17.1 Å². The number of rotatable bonds is 4. The number of anilines is 1. The van der Waals surface area contributed by atoms with Gasteiger partial charge in [-0.1, -0.05) is 6.07 Å². The third-order valence-corrected chi connectivity index (χ3v) is 4.43. The van der Waals surface area contributed by atoms with E-state index in [2.05, 4.69) is 20.6 Å². The van der Waals surface area contributed by atoms with E-state index in [9.17, 15) is 4.79 Å². The molecule has 128 valence electrons. The highest BCUT2D eigenvalue weighted by molar-refractivity contribution is 6.03. The highest BCUT2D eigenvalue weighted by Gasteiger charge is 2.26. The molecule has 3 aromatic rings. The van der Waals surface area contributed by atoms with Gasteiger partial charge in [-0.3, -0.25) is 4.79 Å². The van der Waals surface area contributed by atoms with Gasteiger partial charge in [-0.05, 0) is 44.1 Å². The van der Waals surface area contributed by atoms with E-state index < -0.39 is 0 Å². The van der Waals surface area contributed by atoms with Crippen LogP contribution >= 0.6 is 0 Å². The maximum Gasteiger partial charge on any atom is 0.277 e. The quantitative estimate of drug-likeness (QED) is 0.764. The van der Waals surface area contributed by atoms with Crippen LogP contribution in [0.25, 0.3) is 5.69 Å². The molecule has 3 heterocycles. The highest BCUT2D eigenvalue weighted by atomic mass is 16.3. The Labute approximate surface area is 145 Å². The summed E-state index contributed by atoms with van der Waals surface area (Å²) in [7, 11) is 0. The van der Waals surface area contributed by atoms with Crippen LogP contribution in [0.4, 0.5) is 5.69 Å². The molecule has 1 aliphatic heterocycles. The van der Waals surface area contributed by atoms with E-state index in [1.165, 1.54) is 6.39 Å². The molecular formula is C18H19N5O2. The van der Waals surface area contributed by atoms with E-state index in [-0.39, 0.29) is 11.8 Å². The number of hydrogen-bond acceptors (Lipinski definition) is 5. The minimum atomic E-state index is -0.245. The fourth-order valence-corrected chi connectivity index (χ4v) is 3.15. The normalized spacial score (nSPS) is 15.2. The molecule has 0 radical (unpaired) electrons. The molecule has 1 aromatic carbocycles. The van der Waals surface area contributed by atoms with E-state index in [1.54, 1.807) is 12.5 Å². The minimum Gasteiger partial charge on any atom is -0.447 e. The van der Waals surface area contributed by atoms with Crippen LogP contribution in [-0.4, -0.2) is 33.5 Å². The summed E-state index contributed by atoms with van der Waals surface area (Å²) in [6, 6.07) is 7.59. The third-order valence-electron chi connectivity index (χ3n) is 4.43. The molecule has 0 atom stereocenters. The van der Waals surface area contributed by atoms with Crippen LogP contribution in [0, 0.1) is 0 Å². The van der Waals surface area contributed by atoms with Crippen LogP contribution in [0.3, 0.4) is 0 Å². The van der Waals surface area contributed by atoms with Crippen molar-refractivity contribution in [3.8, 4) is 5.69 Å². The van der Waals surface area contributed by atoms with Crippen LogP contribution in [-0.2, 0) is 0 Å². The van der Waals surface area contributed by atoms with Gasteiger partial charge in [-0.2, -0.15) is 0 Å². The molecule has 1 aliphatic rings. The second-order valence-corrected chi connectivity index (χ2v) is 6.06. The summed E-state index contributed by atoms with van der Waals surface area (Å²) in [6.07, 6.45) is 8.54. The van der Waals surface area contributed by atoms with Crippen molar-refractivity contribution in [1.82, 2.24) is 19.9 Å². The average molecular weight is 337 g/mol. The monoisotopic (exact) mass is 337 g/mol. The second-order valence-electron chi connectivity index (χ2n) is 6.06. The minimum absolute atomic E-state index is 0.238. The van der Waals surface area contributed by atoms with Gasteiger partial charge in [-0.25, -0.2) is 9.97 Å². The highest BCUT2D eigenvalue weighted by Crippen LogP contribution is 2.28. The van der Waals surface area contributed by atoms with Crippen LogP contribution < -0.4 is 10.6 Å². The zero-order valence-corrected chi connectivity index (χ0v) is 13.7. The first kappa shape index (κ1) is 15.6. The maximum atomic E-state index is 12.7. The van der Waals surface area contributed by atoms with Gasteiger partial charge in [0.15, 0.2) is 12.1 Å². The third kappa shape index (κ3) is 3.32. The lowest BCUT2D eigenvalue weighted by molar-refractivity contribution is 0.102. The predicted octanol–water partition coefficient (Wildman–Crippen LogP) is 2.58. The Bertz CT molecular complexity index is 850. The van der Waals surface area contributed by atoms with Gasteiger partial charge in [0, 0.05) is 29.7 Å². The molecule has 0 unspecified atom stereocenters. The van der Waals surface area contributed by atoms with Crippen LogP contribution in [0.2, 0.25) is 0 Å². The second kappa shape index (κ2) is 6.90. The molecule has 2 N–H and O–H groups in total. The lowest BCUT2D eigenvalue weighted by Gasteiger charge is -2.21. The zero-order valence-electron chi connectivity index (χ0n) is 13.7. The largest absolute Gasteiger partial charge is 0.447 e. The van der Waals surface area contributed by atoms with Gasteiger partial charge in [0.1, 0.15) is 5.76 Å². The number of carbonyl (C=O) groups is 1. The Morgan fingerprint density at radius 2 is 2.20 bits per heavy atom. The molecule has 7 heteroatoms. The number of aromatic nitrogens is 3. The first-order valence-electron chi connectivity index (χ1n) is 8.35. The van der Waals surface area contributed by atoms with Crippen molar-refractivity contribution in [2.75, 3.05) is 18.4 Å². The van der Waals surface area contributed by atoms with Crippen molar-refractivity contribution in [1.29, 1.82) is 0 Å². The van der Waals surface area contributed by atoms with Gasteiger partial charge in [0.05, 0.1) is 6.33 Å². The maximum absolute atomic E-state index is 12.7. The molecule has 1 amide bonds. The van der Waals surface area contributed by atoms with Crippen molar-refractivity contribution in [2.45, 2.75) is 18.8 Å². The SMILES string of the molecule is O=C(Nc1cccc(-n2ccnc2)c1)c1ncoc1C1CCNCC1. The van der Waals surface area contributed by atoms with Gasteiger partial charge in [0.25, 0.3) is 5.91 Å². The van der Waals surface area contributed by atoms with Crippen LogP contribution in [0.5, 0.6) is 0 Å². The molecule has 0 saturated carbocycles. The summed E-state index contributed by atoms with van der Waals surface area (Å²) < 4.78 is 7.41. The molecule has 25 heavy (non-hydrogen) atoms. The molecule has 1 saturated heterocycles. The molecule has 0 spiro atoms. The molecule has 1 fully saturated rings. The number of nitrogens with one attached hydrogen (secondary N) is 2. The van der Waals surface area contributed by atoms with E-state index in [4.69, 9.17) is 4.42 Å². The van der Waals surface area contributed by atoms with Crippen molar-refractivity contribution < 1.29 is 9.21 Å². The fourth-order valence-electron chi connectivity index (χ4n) is 3.15. The Balaban J connectivity index is 1.53. The summed E-state index contributed by atoms with van der Waals surface area (Å²) in [4.78, 5) is 20.9. The summed E-state index contributed by atoms with van der Waals surface area (Å²) in [5, 5.41) is 6.23. The lowest BCUT2D eigenvalue weighted by atomic mass is 9.94. The topological polar surface area (TPSA) is 85.0 Å². The van der Waals surface area contributed by atoms with E-state index in [1.807, 2.05) is 35.0 Å². The number of oxazole rings is 1. The Morgan fingerprint density at radius 1 is 1.32 bits per heavy atom. The first-order valence-corrected chi connectivity index (χ1v) is 8.35. The van der Waals surface area contributed by atoms with Crippen LogP contribution in [0.1, 0.15) is 35.0 Å². The molecular weight excluding hydrogens is 318 g/mol. The van der Waals surface area contributed by atoms with Gasteiger partial charge in [-0.15, -0.1) is 0 Å². The number of amides is 1. The van der Waals surface area contributed by atoms with Gasteiger partial charge in [0.2, 0.25) is 0 Å². The Kier molecular flexibility index (Phi) is 4.30. The predicted molar refractivity (Wildman–Crippen MR) is 92.9 cm³/mol. The number of hydrogen-bond donors (Lipinski definition) is 2. The van der Waals surface area contributed by atoms with Crippen molar-refractivity contribution in [2.24, 2.45) is 0 Å². The average Bonchev–Trinajstić information content (AvgIpc) is 3.34. The van der Waals surface area contributed by atoms with E-state index in [0.717, 1.165) is 31.6 Å². The molecule has 7 nitrogen and oxygen atoms in total. The van der Waals surface area contributed by atoms with Gasteiger partial charge < -0.3 is 19.6 Å². The fraction of sp³-hybridized carbons (Fsp3) is 0.278. The zero-order chi connectivity index (χ0) is 17.1. The Morgan fingerprint density at radius 3 is 3.00 bits per heavy atom. The molecule has 0 aliphatic carbocycles. The number of imidazole rings is 1. The molecule has 0 bridgehead atoms. The number of nitrogens with zero attached hydrogens (tertiary/aromatic N) is 3. The lowest BCUT2D eigenvalue weighted by Crippen LogP contribution is -2.27. The number of benzene rings is 1. The summed E-state index contributed by atoms with van der Waals surface area (Å²) >= 11 is 0. The molecule has 2 aromatic heterocycles. The van der Waals surface area contributed by atoms with Crippen molar-refractivity contribution in [3.63, 3.8) is 0 Å². The standard InChI is InChI=1S/C18H19N5O2/c24-18(16-17(25-12-21-16)13-4-6-19-7-5-13)22-14-2-1-3-15(10-14)23-9-8-20-11-23/h1-3,8-13,19H,4-7H2,(H,22,24).